The van der Waals surface area contributed by atoms with Gasteiger partial charge in [0, 0.05) is 16.3 Å². The third-order valence-electron chi connectivity index (χ3n) is 3.66. The van der Waals surface area contributed by atoms with Crippen molar-refractivity contribution in [2.75, 3.05) is 0 Å². The SMILES string of the molecule is Cc1cc(SN)nn1Cc1cc(Cl)ccc1OCc1ccccc1. The molecule has 2 N–H and O–H groups in total. The summed E-state index contributed by atoms with van der Waals surface area (Å²) < 4.78 is 7.89. The topological polar surface area (TPSA) is 53.1 Å². The van der Waals surface area contributed by atoms with Crippen molar-refractivity contribution in [1.29, 1.82) is 0 Å². The Morgan fingerprint density at radius 2 is 1.96 bits per heavy atom. The predicted molar refractivity (Wildman–Crippen MR) is 98.3 cm³/mol. The molecule has 0 aliphatic rings. The molecule has 2 aromatic carbocycles. The quantitative estimate of drug-likeness (QED) is 0.661. The highest BCUT2D eigenvalue weighted by Crippen LogP contribution is 2.25. The fourth-order valence-electron chi connectivity index (χ4n) is 2.41. The smallest absolute Gasteiger partial charge is 0.133 e. The van der Waals surface area contributed by atoms with Crippen LogP contribution in [0.4, 0.5) is 0 Å². The maximum atomic E-state index is 6.16. The van der Waals surface area contributed by atoms with Gasteiger partial charge in [-0.15, -0.1) is 0 Å². The van der Waals surface area contributed by atoms with Crippen LogP contribution in [0.3, 0.4) is 0 Å². The summed E-state index contributed by atoms with van der Waals surface area (Å²) in [6.45, 7) is 3.09. The summed E-state index contributed by atoms with van der Waals surface area (Å²) >= 11 is 7.30. The fourth-order valence-corrected chi connectivity index (χ4v) is 2.99. The number of rotatable bonds is 6. The lowest BCUT2D eigenvalue weighted by atomic mass is 10.2. The monoisotopic (exact) mass is 359 g/mol. The van der Waals surface area contributed by atoms with Gasteiger partial charge < -0.3 is 4.74 Å². The molecule has 0 spiro atoms. The van der Waals surface area contributed by atoms with E-state index in [1.54, 1.807) is 0 Å². The van der Waals surface area contributed by atoms with Crippen LogP contribution in [0, 0.1) is 6.92 Å². The number of benzene rings is 2. The molecule has 3 rings (SSSR count). The number of hydrogen-bond donors (Lipinski definition) is 1. The molecule has 124 valence electrons. The summed E-state index contributed by atoms with van der Waals surface area (Å²) in [5.41, 5.74) is 3.14. The van der Waals surface area contributed by atoms with E-state index in [4.69, 9.17) is 21.5 Å². The summed E-state index contributed by atoms with van der Waals surface area (Å²) in [5.74, 6) is 0.806. The van der Waals surface area contributed by atoms with Gasteiger partial charge in [-0.2, -0.15) is 5.10 Å². The number of nitrogens with two attached hydrogens (primary N) is 1. The van der Waals surface area contributed by atoms with Gasteiger partial charge in [0.15, 0.2) is 0 Å². The molecule has 0 aliphatic carbocycles. The van der Waals surface area contributed by atoms with E-state index < -0.39 is 0 Å². The van der Waals surface area contributed by atoms with Crippen molar-refractivity contribution < 1.29 is 4.74 Å². The minimum absolute atomic E-state index is 0.511. The second kappa shape index (κ2) is 7.75. The highest BCUT2D eigenvalue weighted by atomic mass is 35.5. The Hall–Kier alpha value is -1.95. The van der Waals surface area contributed by atoms with E-state index in [0.29, 0.717) is 18.2 Å². The molecule has 0 saturated heterocycles. The van der Waals surface area contributed by atoms with Crippen LogP contribution in [0.25, 0.3) is 0 Å². The lowest BCUT2D eigenvalue weighted by molar-refractivity contribution is 0.302. The van der Waals surface area contributed by atoms with Crippen LogP contribution in [0.1, 0.15) is 16.8 Å². The zero-order valence-electron chi connectivity index (χ0n) is 13.3. The second-order valence-corrected chi connectivity index (χ2v) is 6.52. The van der Waals surface area contributed by atoms with E-state index >= 15 is 0 Å². The number of aromatic nitrogens is 2. The van der Waals surface area contributed by atoms with Crippen LogP contribution >= 0.6 is 23.5 Å². The van der Waals surface area contributed by atoms with Crippen LogP contribution in [0.5, 0.6) is 5.75 Å². The van der Waals surface area contributed by atoms with Gasteiger partial charge in [-0.05, 0) is 48.7 Å². The van der Waals surface area contributed by atoms with Crippen molar-refractivity contribution in [1.82, 2.24) is 9.78 Å². The van der Waals surface area contributed by atoms with E-state index in [0.717, 1.165) is 39.5 Å². The molecule has 1 aromatic heterocycles. The molecule has 0 saturated carbocycles. The molecule has 0 unspecified atom stereocenters. The Balaban J connectivity index is 1.81. The first-order valence-electron chi connectivity index (χ1n) is 7.52. The van der Waals surface area contributed by atoms with Crippen LogP contribution in [0.15, 0.2) is 59.6 Å². The minimum Gasteiger partial charge on any atom is -0.489 e. The highest BCUT2D eigenvalue weighted by molar-refractivity contribution is 7.97. The van der Waals surface area contributed by atoms with Crippen LogP contribution in [-0.4, -0.2) is 9.78 Å². The van der Waals surface area contributed by atoms with Gasteiger partial charge in [-0.25, -0.2) is 0 Å². The van der Waals surface area contributed by atoms with E-state index in [1.807, 2.05) is 66.2 Å². The molecule has 3 aromatic rings. The summed E-state index contributed by atoms with van der Waals surface area (Å²) in [4.78, 5) is 0. The Labute approximate surface area is 150 Å². The summed E-state index contributed by atoms with van der Waals surface area (Å²) in [5, 5.41) is 11.5. The second-order valence-electron chi connectivity index (χ2n) is 5.43. The number of hydrogen-bond acceptors (Lipinski definition) is 4. The average Bonchev–Trinajstić information content (AvgIpc) is 2.95. The van der Waals surface area contributed by atoms with Crippen molar-refractivity contribution in [3.8, 4) is 5.75 Å². The fraction of sp³-hybridized carbons (Fsp3) is 0.167. The molecule has 1 heterocycles. The Morgan fingerprint density at radius 3 is 2.67 bits per heavy atom. The first-order chi connectivity index (χ1) is 11.7. The summed E-state index contributed by atoms with van der Waals surface area (Å²) in [7, 11) is 0. The number of nitrogens with zero attached hydrogens (tertiary/aromatic N) is 2. The molecule has 4 nitrogen and oxygen atoms in total. The van der Waals surface area contributed by atoms with Crippen LogP contribution in [0.2, 0.25) is 5.02 Å². The van der Waals surface area contributed by atoms with Gasteiger partial charge in [0.1, 0.15) is 17.4 Å². The molecule has 0 amide bonds. The van der Waals surface area contributed by atoms with Gasteiger partial charge in [0.2, 0.25) is 0 Å². The van der Waals surface area contributed by atoms with E-state index in [1.165, 1.54) is 0 Å². The molecule has 0 fully saturated rings. The molecule has 0 radical (unpaired) electrons. The maximum absolute atomic E-state index is 6.16. The zero-order chi connectivity index (χ0) is 16.9. The molecule has 6 heteroatoms. The van der Waals surface area contributed by atoms with Crippen molar-refractivity contribution in [3.05, 3.63) is 76.4 Å². The molecular formula is C18H18ClN3OS. The van der Waals surface area contributed by atoms with Gasteiger partial charge in [-0.3, -0.25) is 9.82 Å². The number of halogens is 1. The van der Waals surface area contributed by atoms with E-state index in [2.05, 4.69) is 5.10 Å². The predicted octanol–water partition coefficient (Wildman–Crippen LogP) is 4.44. The van der Waals surface area contributed by atoms with Crippen molar-refractivity contribution in [2.45, 2.75) is 25.1 Å². The van der Waals surface area contributed by atoms with Crippen LogP contribution < -0.4 is 9.88 Å². The van der Waals surface area contributed by atoms with Crippen molar-refractivity contribution in [3.63, 3.8) is 0 Å². The molecule has 0 aliphatic heterocycles. The van der Waals surface area contributed by atoms with E-state index in [-0.39, 0.29) is 0 Å². The highest BCUT2D eigenvalue weighted by Gasteiger charge is 2.10. The maximum Gasteiger partial charge on any atom is 0.133 e. The van der Waals surface area contributed by atoms with E-state index in [9.17, 15) is 0 Å². The van der Waals surface area contributed by atoms with Gasteiger partial charge in [0.25, 0.3) is 0 Å². The van der Waals surface area contributed by atoms with Crippen molar-refractivity contribution >= 4 is 23.5 Å². The lowest BCUT2D eigenvalue weighted by Gasteiger charge is -2.13. The molecule has 0 bridgehead atoms. The Bertz CT molecular complexity index is 820. The lowest BCUT2D eigenvalue weighted by Crippen LogP contribution is -2.06. The summed E-state index contributed by atoms with van der Waals surface area (Å²) in [6, 6.07) is 17.7. The molecular weight excluding hydrogens is 342 g/mol. The molecule has 24 heavy (non-hydrogen) atoms. The number of ether oxygens (including phenoxy) is 1. The molecule has 0 atom stereocenters. The van der Waals surface area contributed by atoms with Gasteiger partial charge >= 0.3 is 0 Å². The minimum atomic E-state index is 0.511. The third kappa shape index (κ3) is 4.12. The Morgan fingerprint density at radius 1 is 1.17 bits per heavy atom. The largest absolute Gasteiger partial charge is 0.489 e. The standard InChI is InChI=1S/C18H18ClN3OS/c1-13-9-18(24-20)21-22(13)11-15-10-16(19)7-8-17(15)23-12-14-5-3-2-4-6-14/h2-10H,11-12,20H2,1H3. The summed E-state index contributed by atoms with van der Waals surface area (Å²) in [6.07, 6.45) is 0. The Kier molecular flexibility index (Phi) is 5.45. The average molecular weight is 360 g/mol. The first kappa shape index (κ1) is 16.9. The normalized spacial score (nSPS) is 10.8. The van der Waals surface area contributed by atoms with Gasteiger partial charge in [-0.1, -0.05) is 41.9 Å². The van der Waals surface area contributed by atoms with Gasteiger partial charge in [0.05, 0.1) is 6.54 Å². The number of aryl methyl sites for hydroxylation is 1. The first-order valence-corrected chi connectivity index (χ1v) is 8.78. The zero-order valence-corrected chi connectivity index (χ0v) is 14.8. The third-order valence-corrected chi connectivity index (χ3v) is 4.34. The van der Waals surface area contributed by atoms with Crippen molar-refractivity contribution in [2.24, 2.45) is 5.14 Å². The van der Waals surface area contributed by atoms with Crippen LogP contribution in [-0.2, 0) is 13.2 Å².